The van der Waals surface area contributed by atoms with Crippen LogP contribution in [0.2, 0.25) is 0 Å². The standard InChI is InChI=1S/C9H15F2NO2/c1-9(10,11)5-8(13)12(2)7-3-4-14-6-7/h7H,3-6H2,1-2H3. The van der Waals surface area contributed by atoms with Crippen molar-refractivity contribution in [1.82, 2.24) is 4.90 Å². The van der Waals surface area contributed by atoms with Crippen LogP contribution in [0.25, 0.3) is 0 Å². The quantitative estimate of drug-likeness (QED) is 0.697. The third kappa shape index (κ3) is 3.21. The van der Waals surface area contributed by atoms with Crippen LogP contribution in [0.5, 0.6) is 0 Å². The maximum Gasteiger partial charge on any atom is 0.254 e. The first-order valence-electron chi connectivity index (χ1n) is 4.61. The van der Waals surface area contributed by atoms with E-state index in [-0.39, 0.29) is 6.04 Å². The van der Waals surface area contributed by atoms with Gasteiger partial charge < -0.3 is 9.64 Å². The van der Waals surface area contributed by atoms with Crippen molar-refractivity contribution in [3.8, 4) is 0 Å². The minimum Gasteiger partial charge on any atom is -0.379 e. The molecule has 0 aromatic heterocycles. The smallest absolute Gasteiger partial charge is 0.254 e. The van der Waals surface area contributed by atoms with Gasteiger partial charge in [0.2, 0.25) is 5.91 Å². The van der Waals surface area contributed by atoms with E-state index in [1.807, 2.05) is 0 Å². The Morgan fingerprint density at radius 2 is 2.29 bits per heavy atom. The summed E-state index contributed by atoms with van der Waals surface area (Å²) in [5, 5.41) is 0. The van der Waals surface area contributed by atoms with E-state index in [2.05, 4.69) is 0 Å². The fourth-order valence-corrected chi connectivity index (χ4v) is 1.42. The summed E-state index contributed by atoms with van der Waals surface area (Å²) in [5.74, 6) is -3.45. The molecule has 0 spiro atoms. The largest absolute Gasteiger partial charge is 0.379 e. The van der Waals surface area contributed by atoms with Gasteiger partial charge in [-0.1, -0.05) is 0 Å². The first-order valence-corrected chi connectivity index (χ1v) is 4.61. The molecule has 5 heteroatoms. The van der Waals surface area contributed by atoms with Crippen molar-refractivity contribution in [2.24, 2.45) is 0 Å². The highest BCUT2D eigenvalue weighted by Gasteiger charge is 2.31. The third-order valence-corrected chi connectivity index (χ3v) is 2.31. The van der Waals surface area contributed by atoms with Crippen LogP contribution in [0.15, 0.2) is 0 Å². The topological polar surface area (TPSA) is 29.5 Å². The second-order valence-electron chi connectivity index (χ2n) is 3.77. The Morgan fingerprint density at radius 1 is 1.64 bits per heavy atom. The molecule has 1 rings (SSSR count). The maximum atomic E-state index is 12.5. The number of hydrogen-bond acceptors (Lipinski definition) is 2. The van der Waals surface area contributed by atoms with Crippen molar-refractivity contribution in [3.63, 3.8) is 0 Å². The summed E-state index contributed by atoms with van der Waals surface area (Å²) >= 11 is 0. The van der Waals surface area contributed by atoms with Gasteiger partial charge in [0.05, 0.1) is 19.1 Å². The van der Waals surface area contributed by atoms with E-state index in [4.69, 9.17) is 4.74 Å². The van der Waals surface area contributed by atoms with Crippen LogP contribution in [0.1, 0.15) is 19.8 Å². The number of ether oxygens (including phenoxy) is 1. The Kier molecular flexibility index (Phi) is 3.42. The van der Waals surface area contributed by atoms with Gasteiger partial charge >= 0.3 is 0 Å². The number of hydrogen-bond donors (Lipinski definition) is 0. The van der Waals surface area contributed by atoms with Crippen LogP contribution in [-0.4, -0.2) is 43.0 Å². The lowest BCUT2D eigenvalue weighted by molar-refractivity contribution is -0.138. The van der Waals surface area contributed by atoms with Crippen molar-refractivity contribution in [1.29, 1.82) is 0 Å². The zero-order valence-corrected chi connectivity index (χ0v) is 8.43. The number of amides is 1. The Bertz CT molecular complexity index is 209. The van der Waals surface area contributed by atoms with Crippen molar-refractivity contribution in [2.45, 2.75) is 31.7 Å². The van der Waals surface area contributed by atoms with E-state index >= 15 is 0 Å². The second kappa shape index (κ2) is 4.21. The summed E-state index contributed by atoms with van der Waals surface area (Å²) in [6.07, 6.45) is 0.0114. The van der Waals surface area contributed by atoms with Crippen LogP contribution in [0, 0.1) is 0 Å². The summed E-state index contributed by atoms with van der Waals surface area (Å²) in [6, 6.07) is -0.0372. The van der Waals surface area contributed by atoms with E-state index in [0.29, 0.717) is 13.2 Å². The fraction of sp³-hybridized carbons (Fsp3) is 0.889. The Morgan fingerprint density at radius 3 is 2.71 bits per heavy atom. The average molecular weight is 207 g/mol. The Balaban J connectivity index is 2.43. The van der Waals surface area contributed by atoms with Gasteiger partial charge in [-0.25, -0.2) is 8.78 Å². The van der Waals surface area contributed by atoms with E-state index in [0.717, 1.165) is 13.3 Å². The summed E-state index contributed by atoms with van der Waals surface area (Å²) in [6.45, 7) is 1.81. The molecule has 1 fully saturated rings. The molecule has 1 atom stereocenters. The lowest BCUT2D eigenvalue weighted by Gasteiger charge is -2.24. The number of carbonyl (C=O) groups excluding carboxylic acids is 1. The molecule has 0 aliphatic carbocycles. The van der Waals surface area contributed by atoms with E-state index in [1.54, 1.807) is 7.05 Å². The highest BCUT2D eigenvalue weighted by molar-refractivity contribution is 5.77. The normalized spacial score (nSPS) is 22.4. The molecule has 0 saturated carbocycles. The first kappa shape index (κ1) is 11.4. The minimum atomic E-state index is -2.93. The molecule has 0 bridgehead atoms. The number of carbonyl (C=O) groups is 1. The third-order valence-electron chi connectivity index (χ3n) is 2.31. The van der Waals surface area contributed by atoms with Gasteiger partial charge in [0.1, 0.15) is 0 Å². The SMILES string of the molecule is CN(C(=O)CC(C)(F)F)C1CCOC1. The van der Waals surface area contributed by atoms with Crippen LogP contribution < -0.4 is 0 Å². The number of halogens is 2. The van der Waals surface area contributed by atoms with Gasteiger partial charge in [0.15, 0.2) is 0 Å². The van der Waals surface area contributed by atoms with Gasteiger partial charge in [-0.3, -0.25) is 4.79 Å². The molecule has 1 heterocycles. The average Bonchev–Trinajstić information content (AvgIpc) is 2.51. The molecule has 1 aliphatic rings. The zero-order chi connectivity index (χ0) is 10.8. The second-order valence-corrected chi connectivity index (χ2v) is 3.77. The Labute approximate surface area is 82.0 Å². The highest BCUT2D eigenvalue weighted by Crippen LogP contribution is 2.20. The van der Waals surface area contributed by atoms with Crippen molar-refractivity contribution < 1.29 is 18.3 Å². The summed E-state index contributed by atoms with van der Waals surface area (Å²) in [7, 11) is 1.55. The molecule has 0 radical (unpaired) electrons. The fourth-order valence-electron chi connectivity index (χ4n) is 1.42. The molecule has 0 aromatic rings. The van der Waals surface area contributed by atoms with Crippen molar-refractivity contribution in [2.75, 3.05) is 20.3 Å². The minimum absolute atomic E-state index is 0.0372. The number of likely N-dealkylation sites (N-methyl/N-ethyl adjacent to an activating group) is 1. The monoisotopic (exact) mass is 207 g/mol. The molecule has 0 N–H and O–H groups in total. The lowest BCUT2D eigenvalue weighted by Crippen LogP contribution is -2.39. The van der Waals surface area contributed by atoms with Crippen LogP contribution in [-0.2, 0) is 9.53 Å². The molecule has 0 aromatic carbocycles. The number of alkyl halides is 2. The maximum absolute atomic E-state index is 12.5. The van der Waals surface area contributed by atoms with Crippen molar-refractivity contribution >= 4 is 5.91 Å². The summed E-state index contributed by atoms with van der Waals surface area (Å²) in [4.78, 5) is 12.7. The molecular formula is C9H15F2NO2. The molecule has 14 heavy (non-hydrogen) atoms. The number of nitrogens with zero attached hydrogens (tertiary/aromatic N) is 1. The van der Waals surface area contributed by atoms with Crippen LogP contribution in [0.3, 0.4) is 0 Å². The molecule has 1 saturated heterocycles. The summed E-state index contributed by atoms with van der Waals surface area (Å²) < 4.78 is 30.2. The Hall–Kier alpha value is -0.710. The molecule has 1 aliphatic heterocycles. The van der Waals surface area contributed by atoms with Gasteiger partial charge in [-0.05, 0) is 13.3 Å². The first-order chi connectivity index (χ1) is 6.40. The molecule has 1 unspecified atom stereocenters. The van der Waals surface area contributed by atoms with E-state index < -0.39 is 18.3 Å². The van der Waals surface area contributed by atoms with Crippen LogP contribution in [0.4, 0.5) is 8.78 Å². The number of rotatable bonds is 3. The van der Waals surface area contributed by atoms with Crippen LogP contribution >= 0.6 is 0 Å². The summed E-state index contributed by atoms with van der Waals surface area (Å²) in [5.41, 5.74) is 0. The molecule has 82 valence electrons. The van der Waals surface area contributed by atoms with Crippen molar-refractivity contribution in [3.05, 3.63) is 0 Å². The predicted molar refractivity (Wildman–Crippen MR) is 47.2 cm³/mol. The van der Waals surface area contributed by atoms with Gasteiger partial charge in [0.25, 0.3) is 5.92 Å². The molecule has 3 nitrogen and oxygen atoms in total. The molecular weight excluding hydrogens is 192 g/mol. The lowest BCUT2D eigenvalue weighted by atomic mass is 10.2. The van der Waals surface area contributed by atoms with E-state index in [9.17, 15) is 13.6 Å². The zero-order valence-electron chi connectivity index (χ0n) is 8.43. The predicted octanol–water partition coefficient (Wildman–Crippen LogP) is 1.28. The van der Waals surface area contributed by atoms with Gasteiger partial charge in [0, 0.05) is 13.7 Å². The van der Waals surface area contributed by atoms with E-state index in [1.165, 1.54) is 4.90 Å². The van der Waals surface area contributed by atoms with Gasteiger partial charge in [-0.2, -0.15) is 0 Å². The molecule has 1 amide bonds. The van der Waals surface area contributed by atoms with Gasteiger partial charge in [-0.15, -0.1) is 0 Å². The highest BCUT2D eigenvalue weighted by atomic mass is 19.3.